The van der Waals surface area contributed by atoms with Gasteiger partial charge in [-0.3, -0.25) is 4.68 Å². The summed E-state index contributed by atoms with van der Waals surface area (Å²) in [5, 5.41) is 3.98. The van der Waals surface area contributed by atoms with E-state index in [0.717, 1.165) is 17.2 Å². The lowest BCUT2D eigenvalue weighted by atomic mass is 10.4. The van der Waals surface area contributed by atoms with Gasteiger partial charge in [0.15, 0.2) is 0 Å². The van der Waals surface area contributed by atoms with Gasteiger partial charge < -0.3 is 0 Å². The van der Waals surface area contributed by atoms with Crippen molar-refractivity contribution < 1.29 is 4.39 Å². The molecule has 0 N–H and O–H groups in total. The SMILES string of the molecule is Fc1cccc(SCCn2cncn2)c1. The first-order valence-electron chi connectivity index (χ1n) is 4.55. The minimum atomic E-state index is -0.194. The monoisotopic (exact) mass is 223 g/mol. The molecule has 3 nitrogen and oxygen atoms in total. The summed E-state index contributed by atoms with van der Waals surface area (Å²) >= 11 is 1.60. The number of aryl methyl sites for hydroxylation is 1. The van der Waals surface area contributed by atoms with Crippen LogP contribution in [0.15, 0.2) is 41.8 Å². The van der Waals surface area contributed by atoms with E-state index in [0.29, 0.717) is 0 Å². The van der Waals surface area contributed by atoms with Gasteiger partial charge in [0.25, 0.3) is 0 Å². The van der Waals surface area contributed by atoms with Crippen molar-refractivity contribution in [2.24, 2.45) is 0 Å². The lowest BCUT2D eigenvalue weighted by molar-refractivity contribution is 0.624. The van der Waals surface area contributed by atoms with Crippen molar-refractivity contribution in [1.82, 2.24) is 14.8 Å². The summed E-state index contributed by atoms with van der Waals surface area (Å²) in [4.78, 5) is 4.78. The Labute approximate surface area is 91.3 Å². The molecule has 0 unspecified atom stereocenters. The molecule has 0 fully saturated rings. The smallest absolute Gasteiger partial charge is 0.137 e. The molecule has 0 saturated heterocycles. The number of thioether (sulfide) groups is 1. The first kappa shape index (κ1) is 10.2. The lowest BCUT2D eigenvalue weighted by Crippen LogP contribution is -2.00. The van der Waals surface area contributed by atoms with Gasteiger partial charge in [0.2, 0.25) is 0 Å². The van der Waals surface area contributed by atoms with Crippen molar-refractivity contribution in [1.29, 1.82) is 0 Å². The van der Waals surface area contributed by atoms with Gasteiger partial charge in [-0.1, -0.05) is 6.07 Å². The largest absolute Gasteiger partial charge is 0.252 e. The van der Waals surface area contributed by atoms with Crippen LogP contribution in [0, 0.1) is 5.82 Å². The number of benzene rings is 1. The highest BCUT2D eigenvalue weighted by atomic mass is 32.2. The zero-order chi connectivity index (χ0) is 10.5. The maximum Gasteiger partial charge on any atom is 0.137 e. The number of halogens is 1. The lowest BCUT2D eigenvalue weighted by Gasteiger charge is -2.01. The normalized spacial score (nSPS) is 10.5. The van der Waals surface area contributed by atoms with Crippen LogP contribution >= 0.6 is 11.8 Å². The number of hydrogen-bond acceptors (Lipinski definition) is 3. The Hall–Kier alpha value is -1.36. The van der Waals surface area contributed by atoms with Crippen molar-refractivity contribution in [2.45, 2.75) is 11.4 Å². The van der Waals surface area contributed by atoms with Gasteiger partial charge in [-0.05, 0) is 18.2 Å². The second kappa shape index (κ2) is 4.93. The van der Waals surface area contributed by atoms with Gasteiger partial charge in [-0.25, -0.2) is 9.37 Å². The molecule has 0 radical (unpaired) electrons. The van der Waals surface area contributed by atoms with E-state index in [4.69, 9.17) is 0 Å². The average Bonchev–Trinajstić information content (AvgIpc) is 2.71. The summed E-state index contributed by atoms with van der Waals surface area (Å²) in [7, 11) is 0. The number of hydrogen-bond donors (Lipinski definition) is 0. The molecule has 0 amide bonds. The van der Waals surface area contributed by atoms with Crippen molar-refractivity contribution in [3.8, 4) is 0 Å². The van der Waals surface area contributed by atoms with E-state index in [1.54, 1.807) is 28.8 Å². The third-order valence-corrected chi connectivity index (χ3v) is 2.83. The van der Waals surface area contributed by atoms with E-state index in [2.05, 4.69) is 10.1 Å². The van der Waals surface area contributed by atoms with Crippen molar-refractivity contribution in [3.63, 3.8) is 0 Å². The molecule has 15 heavy (non-hydrogen) atoms. The van der Waals surface area contributed by atoms with Gasteiger partial charge >= 0.3 is 0 Å². The summed E-state index contributed by atoms with van der Waals surface area (Å²) in [6, 6.07) is 6.59. The van der Waals surface area contributed by atoms with Crippen LogP contribution in [-0.2, 0) is 6.54 Å². The second-order valence-electron chi connectivity index (χ2n) is 2.96. The minimum absolute atomic E-state index is 0.194. The van der Waals surface area contributed by atoms with Gasteiger partial charge in [0, 0.05) is 10.6 Å². The molecule has 2 aromatic rings. The molecule has 0 atom stereocenters. The minimum Gasteiger partial charge on any atom is -0.252 e. The first-order valence-corrected chi connectivity index (χ1v) is 5.54. The molecular weight excluding hydrogens is 213 g/mol. The van der Waals surface area contributed by atoms with Gasteiger partial charge in [-0.2, -0.15) is 5.10 Å². The predicted molar refractivity (Wildman–Crippen MR) is 57.1 cm³/mol. The summed E-state index contributed by atoms with van der Waals surface area (Å²) in [6.07, 6.45) is 3.18. The third-order valence-electron chi connectivity index (χ3n) is 1.85. The number of nitrogens with zero attached hydrogens (tertiary/aromatic N) is 3. The highest BCUT2D eigenvalue weighted by molar-refractivity contribution is 7.99. The van der Waals surface area contributed by atoms with Crippen LogP contribution in [-0.4, -0.2) is 20.5 Å². The van der Waals surface area contributed by atoms with Crippen molar-refractivity contribution in [2.75, 3.05) is 5.75 Å². The fourth-order valence-electron chi connectivity index (χ4n) is 1.16. The van der Waals surface area contributed by atoms with Gasteiger partial charge in [0.1, 0.15) is 18.5 Å². The molecule has 2 rings (SSSR count). The summed E-state index contributed by atoms with van der Waals surface area (Å²) < 4.78 is 14.6. The molecule has 0 spiro atoms. The average molecular weight is 223 g/mol. The topological polar surface area (TPSA) is 30.7 Å². The van der Waals surface area contributed by atoms with Crippen molar-refractivity contribution >= 4 is 11.8 Å². The van der Waals surface area contributed by atoms with Crippen LogP contribution in [0.25, 0.3) is 0 Å². The van der Waals surface area contributed by atoms with E-state index < -0.39 is 0 Å². The first-order chi connectivity index (χ1) is 7.34. The van der Waals surface area contributed by atoms with Gasteiger partial charge in [0.05, 0.1) is 6.54 Å². The highest BCUT2D eigenvalue weighted by Gasteiger charge is 1.96. The van der Waals surface area contributed by atoms with Crippen molar-refractivity contribution in [3.05, 3.63) is 42.7 Å². The molecule has 78 valence electrons. The standard InChI is InChI=1S/C10H10FN3S/c11-9-2-1-3-10(6-9)15-5-4-14-8-12-7-13-14/h1-3,6-8H,4-5H2. The Morgan fingerprint density at radius 3 is 3.07 bits per heavy atom. The fraction of sp³-hybridized carbons (Fsp3) is 0.200. The van der Waals surface area contributed by atoms with Crippen LogP contribution in [0.1, 0.15) is 0 Å². The molecular formula is C10H10FN3S. The second-order valence-corrected chi connectivity index (χ2v) is 4.13. The Morgan fingerprint density at radius 2 is 2.33 bits per heavy atom. The molecule has 0 saturated carbocycles. The molecule has 1 aromatic carbocycles. The van der Waals surface area contributed by atoms with Crippen LogP contribution in [0.2, 0.25) is 0 Å². The van der Waals surface area contributed by atoms with Gasteiger partial charge in [-0.15, -0.1) is 11.8 Å². The maximum absolute atomic E-state index is 12.8. The molecule has 0 aliphatic carbocycles. The fourth-order valence-corrected chi connectivity index (χ4v) is 2.05. The quantitative estimate of drug-likeness (QED) is 0.744. The van der Waals surface area contributed by atoms with E-state index in [9.17, 15) is 4.39 Å². The van der Waals surface area contributed by atoms with Crippen LogP contribution in [0.3, 0.4) is 0 Å². The Kier molecular flexibility index (Phi) is 3.34. The van der Waals surface area contributed by atoms with E-state index in [1.807, 2.05) is 6.07 Å². The molecule has 0 bridgehead atoms. The Bertz CT molecular complexity index is 416. The molecule has 1 heterocycles. The maximum atomic E-state index is 12.8. The Balaban J connectivity index is 1.83. The number of aromatic nitrogens is 3. The zero-order valence-corrected chi connectivity index (χ0v) is 8.82. The van der Waals surface area contributed by atoms with E-state index >= 15 is 0 Å². The molecule has 0 aliphatic rings. The van der Waals surface area contributed by atoms with E-state index in [-0.39, 0.29) is 5.82 Å². The predicted octanol–water partition coefficient (Wildman–Crippen LogP) is 2.21. The number of rotatable bonds is 4. The van der Waals surface area contributed by atoms with Crippen LogP contribution in [0.5, 0.6) is 0 Å². The third kappa shape index (κ3) is 3.06. The zero-order valence-electron chi connectivity index (χ0n) is 8.01. The Morgan fingerprint density at radius 1 is 1.40 bits per heavy atom. The summed E-state index contributed by atoms with van der Waals surface area (Å²) in [6.45, 7) is 0.779. The molecule has 5 heteroatoms. The highest BCUT2D eigenvalue weighted by Crippen LogP contribution is 2.18. The molecule has 0 aliphatic heterocycles. The summed E-state index contributed by atoms with van der Waals surface area (Å²) in [5.74, 6) is 0.660. The van der Waals surface area contributed by atoms with Crippen LogP contribution in [0.4, 0.5) is 4.39 Å². The summed E-state index contributed by atoms with van der Waals surface area (Å²) in [5.41, 5.74) is 0. The van der Waals surface area contributed by atoms with Crippen LogP contribution < -0.4 is 0 Å². The van der Waals surface area contributed by atoms with E-state index in [1.165, 1.54) is 18.5 Å². The molecule has 1 aromatic heterocycles.